The molecule has 2 aliphatic heterocycles. The highest BCUT2D eigenvalue weighted by Crippen LogP contribution is 2.55. The Kier molecular flexibility index (Phi) is 5.15. The Hall–Kier alpha value is -2.23. The molecule has 3 heterocycles. The van der Waals surface area contributed by atoms with E-state index in [0.717, 1.165) is 11.4 Å². The van der Waals surface area contributed by atoms with Crippen molar-refractivity contribution in [1.29, 1.82) is 0 Å². The lowest BCUT2D eigenvalue weighted by atomic mass is 10.1. The number of nitrogens with two attached hydrogens (primary N) is 1. The topological polar surface area (TPSA) is 108 Å². The number of ether oxygens (including phenoxy) is 2. The predicted molar refractivity (Wildman–Crippen MR) is 119 cm³/mol. The number of sulfone groups is 1. The Morgan fingerprint density at radius 2 is 1.84 bits per heavy atom. The van der Waals surface area contributed by atoms with Crippen LogP contribution >= 0.6 is 0 Å². The van der Waals surface area contributed by atoms with Crippen LogP contribution in [0, 0.1) is 0 Å². The van der Waals surface area contributed by atoms with Gasteiger partial charge in [-0.1, -0.05) is 0 Å². The van der Waals surface area contributed by atoms with Crippen molar-refractivity contribution in [2.75, 3.05) is 43.6 Å². The fourth-order valence-electron chi connectivity index (χ4n) is 4.52. The Balaban J connectivity index is 1.62. The SMILES string of the molecule is C[C@H]1COCCN1c1cc(C2(S(=O)(=O)C3CCOC3)CC2)nc(-c2ccc(N)cc2)n1. The molecule has 1 aromatic heterocycles. The molecule has 3 fully saturated rings. The zero-order valence-electron chi connectivity index (χ0n) is 17.7. The maximum absolute atomic E-state index is 13.6. The van der Waals surface area contributed by atoms with E-state index in [1.165, 1.54) is 0 Å². The molecular formula is C22H28N4O4S. The minimum absolute atomic E-state index is 0.144. The van der Waals surface area contributed by atoms with Gasteiger partial charge in [0, 0.05) is 30.5 Å². The second-order valence-electron chi connectivity index (χ2n) is 8.70. The van der Waals surface area contributed by atoms with Crippen LogP contribution in [0.15, 0.2) is 30.3 Å². The summed E-state index contributed by atoms with van der Waals surface area (Å²) in [5.74, 6) is 1.27. The molecule has 166 valence electrons. The summed E-state index contributed by atoms with van der Waals surface area (Å²) >= 11 is 0. The fraction of sp³-hybridized carbons (Fsp3) is 0.545. The van der Waals surface area contributed by atoms with Crippen LogP contribution in [-0.4, -0.2) is 62.6 Å². The molecule has 1 aromatic carbocycles. The predicted octanol–water partition coefficient (Wildman–Crippen LogP) is 2.14. The normalized spacial score (nSPS) is 25.5. The van der Waals surface area contributed by atoms with Gasteiger partial charge in [-0.25, -0.2) is 18.4 Å². The van der Waals surface area contributed by atoms with Gasteiger partial charge in [0.05, 0.1) is 36.8 Å². The third-order valence-corrected chi connectivity index (χ3v) is 9.54. The van der Waals surface area contributed by atoms with Crippen molar-refractivity contribution >= 4 is 21.3 Å². The third-order valence-electron chi connectivity index (χ3n) is 6.59. The molecule has 0 spiro atoms. The van der Waals surface area contributed by atoms with Crippen LogP contribution in [-0.2, 0) is 24.1 Å². The lowest BCUT2D eigenvalue weighted by molar-refractivity contribution is 0.0985. The lowest BCUT2D eigenvalue weighted by Crippen LogP contribution is -2.44. The van der Waals surface area contributed by atoms with Gasteiger partial charge >= 0.3 is 0 Å². The van der Waals surface area contributed by atoms with Gasteiger partial charge in [0.2, 0.25) is 0 Å². The van der Waals surface area contributed by atoms with Gasteiger partial charge in [0.1, 0.15) is 10.6 Å². The van der Waals surface area contributed by atoms with Crippen LogP contribution in [0.3, 0.4) is 0 Å². The zero-order chi connectivity index (χ0) is 21.6. The minimum Gasteiger partial charge on any atom is -0.399 e. The van der Waals surface area contributed by atoms with Gasteiger partial charge in [-0.2, -0.15) is 0 Å². The van der Waals surface area contributed by atoms with Crippen LogP contribution in [0.5, 0.6) is 0 Å². The van der Waals surface area contributed by atoms with Gasteiger partial charge in [-0.3, -0.25) is 0 Å². The smallest absolute Gasteiger partial charge is 0.166 e. The summed E-state index contributed by atoms with van der Waals surface area (Å²) in [4.78, 5) is 11.8. The van der Waals surface area contributed by atoms with Crippen molar-refractivity contribution in [1.82, 2.24) is 9.97 Å². The molecule has 8 nitrogen and oxygen atoms in total. The molecule has 0 amide bonds. The fourth-order valence-corrected chi connectivity index (χ4v) is 6.91. The standard InChI is InChI=1S/C22H28N4O4S/c1-15-13-30-11-9-26(15)20-12-19(24-21(25-20)16-2-4-17(23)5-3-16)22(7-8-22)31(27,28)18-6-10-29-14-18/h2-5,12,15,18H,6-11,13-14,23H2,1H3/t15-,18?/m0/s1. The maximum Gasteiger partial charge on any atom is 0.166 e. The molecule has 31 heavy (non-hydrogen) atoms. The van der Waals surface area contributed by atoms with E-state index in [1.54, 1.807) is 0 Å². The number of nitrogen functional groups attached to an aromatic ring is 1. The largest absolute Gasteiger partial charge is 0.399 e. The first-order valence-electron chi connectivity index (χ1n) is 10.8. The van der Waals surface area contributed by atoms with Crippen molar-refractivity contribution in [3.05, 3.63) is 36.0 Å². The summed E-state index contributed by atoms with van der Waals surface area (Å²) in [7, 11) is -3.43. The molecular weight excluding hydrogens is 416 g/mol. The Bertz CT molecular complexity index is 1060. The maximum atomic E-state index is 13.6. The number of nitrogens with zero attached hydrogens (tertiary/aromatic N) is 3. The quantitative estimate of drug-likeness (QED) is 0.699. The van der Waals surface area contributed by atoms with Crippen molar-refractivity contribution in [3.8, 4) is 11.4 Å². The van der Waals surface area contributed by atoms with Crippen molar-refractivity contribution < 1.29 is 17.9 Å². The summed E-state index contributed by atoms with van der Waals surface area (Å²) in [6.45, 7) is 4.78. The van der Waals surface area contributed by atoms with Crippen LogP contribution < -0.4 is 10.6 Å². The molecule has 2 N–H and O–H groups in total. The molecule has 9 heteroatoms. The molecule has 1 aliphatic carbocycles. The molecule has 2 saturated heterocycles. The number of rotatable bonds is 5. The summed E-state index contributed by atoms with van der Waals surface area (Å²) in [6, 6.07) is 9.39. The first-order valence-corrected chi connectivity index (χ1v) is 12.4. The number of aromatic nitrogens is 2. The molecule has 5 rings (SSSR count). The van der Waals surface area contributed by atoms with Crippen molar-refractivity contribution in [2.45, 2.75) is 42.2 Å². The summed E-state index contributed by atoms with van der Waals surface area (Å²) in [5, 5.41) is -0.462. The number of benzene rings is 1. The number of hydrogen-bond acceptors (Lipinski definition) is 8. The first kappa shape index (κ1) is 20.7. The number of anilines is 2. The van der Waals surface area contributed by atoms with Gasteiger partial charge in [-0.15, -0.1) is 0 Å². The van der Waals surface area contributed by atoms with Gasteiger partial charge < -0.3 is 20.1 Å². The highest BCUT2D eigenvalue weighted by molar-refractivity contribution is 7.93. The summed E-state index contributed by atoms with van der Waals surface area (Å²) in [6.07, 6.45) is 1.72. The van der Waals surface area contributed by atoms with Crippen LogP contribution in [0.25, 0.3) is 11.4 Å². The van der Waals surface area contributed by atoms with Gasteiger partial charge in [0.15, 0.2) is 15.7 Å². The number of hydrogen-bond donors (Lipinski definition) is 1. The van der Waals surface area contributed by atoms with Crippen molar-refractivity contribution in [2.24, 2.45) is 0 Å². The average molecular weight is 445 g/mol. The van der Waals surface area contributed by atoms with E-state index in [4.69, 9.17) is 25.2 Å². The van der Waals surface area contributed by atoms with E-state index in [9.17, 15) is 8.42 Å². The summed E-state index contributed by atoms with van der Waals surface area (Å²) in [5.41, 5.74) is 7.92. The molecule has 1 unspecified atom stereocenters. The molecule has 0 bridgehead atoms. The summed E-state index contributed by atoms with van der Waals surface area (Å²) < 4.78 is 37.2. The molecule has 0 radical (unpaired) electrons. The Labute approximate surface area is 182 Å². The Morgan fingerprint density at radius 3 is 2.48 bits per heavy atom. The molecule has 2 atom stereocenters. The van der Waals surface area contributed by atoms with Crippen molar-refractivity contribution in [3.63, 3.8) is 0 Å². The van der Waals surface area contributed by atoms with Gasteiger partial charge in [0.25, 0.3) is 0 Å². The second-order valence-corrected chi connectivity index (χ2v) is 11.2. The molecule has 2 aromatic rings. The van der Waals surface area contributed by atoms with Crippen LogP contribution in [0.2, 0.25) is 0 Å². The first-order chi connectivity index (χ1) is 14.9. The van der Waals surface area contributed by atoms with E-state index >= 15 is 0 Å². The monoisotopic (exact) mass is 444 g/mol. The number of morpholine rings is 1. The minimum atomic E-state index is -3.43. The lowest BCUT2D eigenvalue weighted by Gasteiger charge is -2.35. The molecule has 3 aliphatic rings. The van der Waals surface area contributed by atoms with E-state index < -0.39 is 19.8 Å². The third kappa shape index (κ3) is 3.58. The van der Waals surface area contributed by atoms with E-state index in [-0.39, 0.29) is 12.6 Å². The average Bonchev–Trinajstić information content (AvgIpc) is 3.41. The Morgan fingerprint density at radius 1 is 1.10 bits per heavy atom. The second kappa shape index (κ2) is 7.72. The molecule has 1 saturated carbocycles. The van der Waals surface area contributed by atoms with Crippen LogP contribution in [0.4, 0.5) is 11.5 Å². The van der Waals surface area contributed by atoms with E-state index in [0.29, 0.717) is 62.8 Å². The zero-order valence-corrected chi connectivity index (χ0v) is 18.5. The van der Waals surface area contributed by atoms with E-state index in [1.807, 2.05) is 30.3 Å². The van der Waals surface area contributed by atoms with E-state index in [2.05, 4.69) is 11.8 Å². The van der Waals surface area contributed by atoms with Crippen LogP contribution in [0.1, 0.15) is 31.9 Å². The highest BCUT2D eigenvalue weighted by Gasteiger charge is 2.60. The highest BCUT2D eigenvalue weighted by atomic mass is 32.2. The van der Waals surface area contributed by atoms with Gasteiger partial charge in [-0.05, 0) is 50.5 Å².